The molecule has 108 valence electrons. The van der Waals surface area contributed by atoms with E-state index in [0.717, 1.165) is 25.9 Å². The Morgan fingerprint density at radius 3 is 2.67 bits per heavy atom. The highest BCUT2D eigenvalue weighted by atomic mass is 35.5. The van der Waals surface area contributed by atoms with Crippen LogP contribution in [0, 0.1) is 5.92 Å². The zero-order valence-corrected chi connectivity index (χ0v) is 12.5. The predicted molar refractivity (Wildman–Crippen MR) is 75.9 cm³/mol. The molecule has 0 bridgehead atoms. The van der Waals surface area contributed by atoms with Crippen LogP contribution in [0.1, 0.15) is 46.5 Å². The minimum Gasteiger partial charge on any atom is -0.378 e. The van der Waals surface area contributed by atoms with E-state index in [2.05, 4.69) is 19.2 Å². The lowest BCUT2D eigenvalue weighted by Crippen LogP contribution is -2.52. The van der Waals surface area contributed by atoms with Crippen LogP contribution in [0.25, 0.3) is 0 Å². The summed E-state index contributed by atoms with van der Waals surface area (Å²) in [6, 6.07) is 0. The molecule has 1 rings (SSSR count). The van der Waals surface area contributed by atoms with Gasteiger partial charge in [0.05, 0.1) is 12.5 Å². The normalized spacial score (nSPS) is 22.4. The van der Waals surface area contributed by atoms with E-state index in [1.165, 1.54) is 0 Å². The summed E-state index contributed by atoms with van der Waals surface area (Å²) < 4.78 is 5.46. The Balaban J connectivity index is 0.00000289. The maximum atomic E-state index is 11.9. The van der Waals surface area contributed by atoms with Gasteiger partial charge >= 0.3 is 0 Å². The molecule has 0 saturated carbocycles. The maximum Gasteiger partial charge on any atom is 0.223 e. The fourth-order valence-corrected chi connectivity index (χ4v) is 2.49. The first kappa shape index (κ1) is 17.7. The SMILES string of the molecule is CC(C)CC(C)(CN)NC(=O)CC1CCCO1.Cl. The molecule has 2 atom stereocenters. The molecule has 1 heterocycles. The summed E-state index contributed by atoms with van der Waals surface area (Å²) in [4.78, 5) is 11.9. The Kier molecular flexibility index (Phi) is 7.83. The number of carbonyl (C=O) groups excluding carboxylic acids is 1. The lowest BCUT2D eigenvalue weighted by molar-refractivity contribution is -0.125. The molecule has 1 aliphatic heterocycles. The van der Waals surface area contributed by atoms with Gasteiger partial charge in [-0.25, -0.2) is 0 Å². The highest BCUT2D eigenvalue weighted by Gasteiger charge is 2.27. The van der Waals surface area contributed by atoms with E-state index in [1.807, 2.05) is 6.92 Å². The predicted octanol–water partition coefficient (Wildman–Crippen LogP) is 1.86. The van der Waals surface area contributed by atoms with Crippen molar-refractivity contribution >= 4 is 18.3 Å². The van der Waals surface area contributed by atoms with E-state index in [1.54, 1.807) is 0 Å². The highest BCUT2D eigenvalue weighted by molar-refractivity contribution is 5.85. The van der Waals surface area contributed by atoms with Gasteiger partial charge in [0.15, 0.2) is 0 Å². The van der Waals surface area contributed by atoms with Crippen molar-refractivity contribution in [1.82, 2.24) is 5.32 Å². The van der Waals surface area contributed by atoms with Crippen LogP contribution < -0.4 is 11.1 Å². The zero-order valence-electron chi connectivity index (χ0n) is 11.7. The van der Waals surface area contributed by atoms with Crippen molar-refractivity contribution in [2.75, 3.05) is 13.2 Å². The Morgan fingerprint density at radius 1 is 1.56 bits per heavy atom. The van der Waals surface area contributed by atoms with Crippen LogP contribution >= 0.6 is 12.4 Å². The van der Waals surface area contributed by atoms with Crippen molar-refractivity contribution in [2.24, 2.45) is 11.7 Å². The Hall–Kier alpha value is -0.320. The molecule has 1 fully saturated rings. The van der Waals surface area contributed by atoms with Gasteiger partial charge in [0.25, 0.3) is 0 Å². The van der Waals surface area contributed by atoms with Gasteiger partial charge in [0.1, 0.15) is 0 Å². The number of ether oxygens (including phenoxy) is 1. The average molecular weight is 279 g/mol. The summed E-state index contributed by atoms with van der Waals surface area (Å²) in [6.07, 6.45) is 3.54. The van der Waals surface area contributed by atoms with E-state index in [9.17, 15) is 4.79 Å². The Bertz CT molecular complexity index is 255. The van der Waals surface area contributed by atoms with E-state index in [0.29, 0.717) is 18.9 Å². The second-order valence-corrected chi connectivity index (χ2v) is 5.75. The second kappa shape index (κ2) is 7.97. The van der Waals surface area contributed by atoms with Crippen molar-refractivity contribution < 1.29 is 9.53 Å². The maximum absolute atomic E-state index is 11.9. The Labute approximate surface area is 116 Å². The third-order valence-electron chi connectivity index (χ3n) is 3.19. The molecular formula is C13H27ClN2O2. The van der Waals surface area contributed by atoms with Crippen molar-refractivity contribution in [3.8, 4) is 0 Å². The number of amides is 1. The van der Waals surface area contributed by atoms with Crippen molar-refractivity contribution in [2.45, 2.75) is 58.1 Å². The number of halogens is 1. The molecule has 1 amide bonds. The van der Waals surface area contributed by atoms with Crippen LogP contribution in [0.3, 0.4) is 0 Å². The average Bonchev–Trinajstić information content (AvgIpc) is 2.68. The summed E-state index contributed by atoms with van der Waals surface area (Å²) in [6.45, 7) is 7.56. The van der Waals surface area contributed by atoms with Gasteiger partial charge in [0, 0.05) is 18.7 Å². The first-order valence-corrected chi connectivity index (χ1v) is 6.58. The fourth-order valence-electron chi connectivity index (χ4n) is 2.49. The Morgan fingerprint density at radius 2 is 2.22 bits per heavy atom. The molecule has 18 heavy (non-hydrogen) atoms. The van der Waals surface area contributed by atoms with Crippen molar-refractivity contribution in [1.29, 1.82) is 0 Å². The van der Waals surface area contributed by atoms with Crippen LogP contribution in [0.5, 0.6) is 0 Å². The molecule has 0 aliphatic carbocycles. The molecule has 1 saturated heterocycles. The highest BCUT2D eigenvalue weighted by Crippen LogP contribution is 2.18. The van der Waals surface area contributed by atoms with Gasteiger partial charge in [-0.2, -0.15) is 0 Å². The lowest BCUT2D eigenvalue weighted by atomic mass is 9.90. The summed E-state index contributed by atoms with van der Waals surface area (Å²) >= 11 is 0. The molecule has 0 spiro atoms. The molecule has 0 aromatic carbocycles. The lowest BCUT2D eigenvalue weighted by Gasteiger charge is -2.31. The van der Waals surface area contributed by atoms with E-state index >= 15 is 0 Å². The zero-order chi connectivity index (χ0) is 12.9. The first-order chi connectivity index (χ1) is 7.95. The van der Waals surface area contributed by atoms with E-state index in [-0.39, 0.29) is 30.0 Å². The molecule has 5 heteroatoms. The quantitative estimate of drug-likeness (QED) is 0.779. The van der Waals surface area contributed by atoms with Crippen LogP contribution in [0.15, 0.2) is 0 Å². The molecular weight excluding hydrogens is 252 g/mol. The first-order valence-electron chi connectivity index (χ1n) is 6.58. The van der Waals surface area contributed by atoms with Gasteiger partial charge in [-0.05, 0) is 32.1 Å². The molecule has 1 aliphatic rings. The largest absolute Gasteiger partial charge is 0.378 e. The second-order valence-electron chi connectivity index (χ2n) is 5.75. The third-order valence-corrected chi connectivity index (χ3v) is 3.19. The van der Waals surface area contributed by atoms with Gasteiger partial charge in [-0.3, -0.25) is 4.79 Å². The number of carbonyl (C=O) groups is 1. The van der Waals surface area contributed by atoms with Crippen molar-refractivity contribution in [3.05, 3.63) is 0 Å². The van der Waals surface area contributed by atoms with Gasteiger partial charge < -0.3 is 15.8 Å². The fraction of sp³-hybridized carbons (Fsp3) is 0.923. The molecule has 4 nitrogen and oxygen atoms in total. The van der Waals surface area contributed by atoms with Crippen LogP contribution in [-0.2, 0) is 9.53 Å². The molecule has 3 N–H and O–H groups in total. The van der Waals surface area contributed by atoms with Crippen LogP contribution in [0.2, 0.25) is 0 Å². The van der Waals surface area contributed by atoms with E-state index < -0.39 is 0 Å². The minimum absolute atomic E-state index is 0. The standard InChI is InChI=1S/C13H26N2O2.ClH/c1-10(2)8-13(3,9-14)15-12(16)7-11-5-4-6-17-11;/h10-11H,4-9,14H2,1-3H3,(H,15,16);1H. The number of nitrogens with two attached hydrogens (primary N) is 1. The smallest absolute Gasteiger partial charge is 0.223 e. The molecule has 0 radical (unpaired) electrons. The summed E-state index contributed by atoms with van der Waals surface area (Å²) in [5.41, 5.74) is 5.48. The third kappa shape index (κ3) is 6.03. The number of hydrogen-bond acceptors (Lipinski definition) is 3. The van der Waals surface area contributed by atoms with Crippen LogP contribution in [0.4, 0.5) is 0 Å². The number of nitrogens with one attached hydrogen (secondary N) is 1. The van der Waals surface area contributed by atoms with Gasteiger partial charge in [0.2, 0.25) is 5.91 Å². The van der Waals surface area contributed by atoms with Gasteiger partial charge in [-0.1, -0.05) is 13.8 Å². The summed E-state index contributed by atoms with van der Waals surface area (Å²) in [5.74, 6) is 0.581. The monoisotopic (exact) mass is 278 g/mol. The molecule has 0 aromatic rings. The van der Waals surface area contributed by atoms with E-state index in [4.69, 9.17) is 10.5 Å². The van der Waals surface area contributed by atoms with Crippen molar-refractivity contribution in [3.63, 3.8) is 0 Å². The molecule has 2 unspecified atom stereocenters. The summed E-state index contributed by atoms with van der Waals surface area (Å²) in [7, 11) is 0. The summed E-state index contributed by atoms with van der Waals surface area (Å²) in [5, 5.41) is 3.06. The topological polar surface area (TPSA) is 64.3 Å². The number of rotatable bonds is 6. The van der Waals surface area contributed by atoms with Gasteiger partial charge in [-0.15, -0.1) is 12.4 Å². The molecule has 0 aromatic heterocycles. The number of hydrogen-bond donors (Lipinski definition) is 2. The van der Waals surface area contributed by atoms with Crippen LogP contribution in [-0.4, -0.2) is 30.7 Å². The minimum atomic E-state index is -0.288.